The standard InChI is InChI=1S/C14H18O3/c15-13(14(16)17)12-9-5-4-8-11(12)10-6-2-1-3-7-10/h4-5,8-10,13,15H,1-3,6-7H2,(H,16,17)/t13-/m1/s1. The third-order valence-corrected chi connectivity index (χ3v) is 3.57. The molecule has 0 aromatic heterocycles. The lowest BCUT2D eigenvalue weighted by atomic mass is 9.81. The van der Waals surface area contributed by atoms with E-state index >= 15 is 0 Å². The van der Waals surface area contributed by atoms with Crippen LogP contribution in [0.5, 0.6) is 0 Å². The Bertz CT molecular complexity index is 394. The lowest BCUT2D eigenvalue weighted by Crippen LogP contribution is -2.15. The molecule has 3 heteroatoms. The number of carboxylic acid groups (broad SMARTS) is 1. The van der Waals surface area contributed by atoms with Crippen molar-refractivity contribution < 1.29 is 15.0 Å². The van der Waals surface area contributed by atoms with Crippen LogP contribution in [0, 0.1) is 0 Å². The fourth-order valence-electron chi connectivity index (χ4n) is 2.68. The van der Waals surface area contributed by atoms with Crippen LogP contribution in [0.2, 0.25) is 0 Å². The quantitative estimate of drug-likeness (QED) is 0.845. The normalized spacial score (nSPS) is 18.9. The predicted molar refractivity (Wildman–Crippen MR) is 64.9 cm³/mol. The molecule has 17 heavy (non-hydrogen) atoms. The van der Waals surface area contributed by atoms with Crippen LogP contribution in [0.25, 0.3) is 0 Å². The molecule has 0 unspecified atom stereocenters. The molecule has 0 amide bonds. The van der Waals surface area contributed by atoms with Crippen molar-refractivity contribution in [3.63, 3.8) is 0 Å². The molecule has 0 heterocycles. The van der Waals surface area contributed by atoms with E-state index in [1.54, 1.807) is 12.1 Å². The predicted octanol–water partition coefficient (Wildman–Crippen LogP) is 2.85. The molecule has 0 radical (unpaired) electrons. The first-order valence-electron chi connectivity index (χ1n) is 6.20. The molecule has 0 spiro atoms. The van der Waals surface area contributed by atoms with Crippen molar-refractivity contribution in [1.82, 2.24) is 0 Å². The van der Waals surface area contributed by atoms with Gasteiger partial charge in [0.1, 0.15) is 0 Å². The molecular weight excluding hydrogens is 216 g/mol. The van der Waals surface area contributed by atoms with Crippen molar-refractivity contribution in [1.29, 1.82) is 0 Å². The number of benzene rings is 1. The van der Waals surface area contributed by atoms with Crippen LogP contribution in [0.1, 0.15) is 55.3 Å². The lowest BCUT2D eigenvalue weighted by molar-refractivity contribution is -0.147. The molecule has 1 aliphatic carbocycles. The second-order valence-corrected chi connectivity index (χ2v) is 4.70. The van der Waals surface area contributed by atoms with Gasteiger partial charge in [-0.15, -0.1) is 0 Å². The van der Waals surface area contributed by atoms with Gasteiger partial charge < -0.3 is 10.2 Å². The highest BCUT2D eigenvalue weighted by Gasteiger charge is 2.24. The highest BCUT2D eigenvalue weighted by atomic mass is 16.4. The van der Waals surface area contributed by atoms with Crippen molar-refractivity contribution >= 4 is 5.97 Å². The van der Waals surface area contributed by atoms with E-state index < -0.39 is 12.1 Å². The Morgan fingerprint density at radius 1 is 1.18 bits per heavy atom. The number of aliphatic hydroxyl groups is 1. The number of carboxylic acids is 1. The summed E-state index contributed by atoms with van der Waals surface area (Å²) in [5.41, 5.74) is 1.58. The minimum Gasteiger partial charge on any atom is -0.479 e. The number of aliphatic carboxylic acids is 1. The number of aliphatic hydroxyl groups excluding tert-OH is 1. The Labute approximate surface area is 101 Å². The van der Waals surface area contributed by atoms with Crippen LogP contribution in [0.4, 0.5) is 0 Å². The molecule has 1 aliphatic rings. The zero-order valence-corrected chi connectivity index (χ0v) is 9.80. The molecule has 1 saturated carbocycles. The van der Waals surface area contributed by atoms with Crippen molar-refractivity contribution in [2.24, 2.45) is 0 Å². The zero-order chi connectivity index (χ0) is 12.3. The molecule has 0 saturated heterocycles. The van der Waals surface area contributed by atoms with Crippen molar-refractivity contribution in [3.05, 3.63) is 35.4 Å². The first-order chi connectivity index (χ1) is 8.20. The Hall–Kier alpha value is -1.35. The summed E-state index contributed by atoms with van der Waals surface area (Å²) in [6.45, 7) is 0. The summed E-state index contributed by atoms with van der Waals surface area (Å²) in [5.74, 6) is -0.762. The highest BCUT2D eigenvalue weighted by Crippen LogP contribution is 2.36. The topological polar surface area (TPSA) is 57.5 Å². The van der Waals surface area contributed by atoms with Gasteiger partial charge in [0.25, 0.3) is 0 Å². The molecular formula is C14H18O3. The number of hydrogen-bond acceptors (Lipinski definition) is 2. The average Bonchev–Trinajstić information content (AvgIpc) is 2.39. The van der Waals surface area contributed by atoms with E-state index in [0.29, 0.717) is 11.5 Å². The van der Waals surface area contributed by atoms with Crippen LogP contribution in [0.3, 0.4) is 0 Å². The van der Waals surface area contributed by atoms with Gasteiger partial charge in [-0.05, 0) is 29.9 Å². The van der Waals surface area contributed by atoms with Gasteiger partial charge in [0, 0.05) is 0 Å². The molecule has 92 valence electrons. The molecule has 1 aromatic carbocycles. The summed E-state index contributed by atoms with van der Waals surface area (Å²) in [7, 11) is 0. The van der Waals surface area contributed by atoms with Gasteiger partial charge in [0.15, 0.2) is 6.10 Å². The largest absolute Gasteiger partial charge is 0.479 e. The van der Waals surface area contributed by atoms with Gasteiger partial charge in [-0.1, -0.05) is 43.5 Å². The second kappa shape index (κ2) is 5.32. The molecule has 2 rings (SSSR count). The summed E-state index contributed by atoms with van der Waals surface area (Å²) in [5, 5.41) is 18.6. The summed E-state index contributed by atoms with van der Waals surface area (Å²) in [6, 6.07) is 7.38. The fourth-order valence-corrected chi connectivity index (χ4v) is 2.68. The SMILES string of the molecule is O=C(O)[C@H](O)c1ccccc1C1CCCCC1. The van der Waals surface area contributed by atoms with E-state index in [1.807, 2.05) is 12.1 Å². The van der Waals surface area contributed by atoms with E-state index in [9.17, 15) is 9.90 Å². The molecule has 1 fully saturated rings. The summed E-state index contributed by atoms with van der Waals surface area (Å²) in [6.07, 6.45) is 4.46. The van der Waals surface area contributed by atoms with Gasteiger partial charge in [-0.25, -0.2) is 4.79 Å². The number of rotatable bonds is 3. The van der Waals surface area contributed by atoms with E-state index in [4.69, 9.17) is 5.11 Å². The number of hydrogen-bond donors (Lipinski definition) is 2. The summed E-state index contributed by atoms with van der Waals surface area (Å²) >= 11 is 0. The Morgan fingerprint density at radius 2 is 1.82 bits per heavy atom. The smallest absolute Gasteiger partial charge is 0.337 e. The monoisotopic (exact) mass is 234 g/mol. The van der Waals surface area contributed by atoms with Crippen LogP contribution in [-0.4, -0.2) is 16.2 Å². The van der Waals surface area contributed by atoms with Gasteiger partial charge in [-0.2, -0.15) is 0 Å². The maximum absolute atomic E-state index is 10.9. The van der Waals surface area contributed by atoms with Gasteiger partial charge in [0.05, 0.1) is 0 Å². The van der Waals surface area contributed by atoms with Crippen LogP contribution in [-0.2, 0) is 4.79 Å². The van der Waals surface area contributed by atoms with Crippen molar-refractivity contribution in [2.45, 2.75) is 44.1 Å². The number of carbonyl (C=O) groups is 1. The van der Waals surface area contributed by atoms with Crippen molar-refractivity contribution in [2.75, 3.05) is 0 Å². The van der Waals surface area contributed by atoms with Crippen LogP contribution < -0.4 is 0 Å². The molecule has 1 aromatic rings. The Balaban J connectivity index is 2.29. The highest BCUT2D eigenvalue weighted by molar-refractivity contribution is 5.74. The molecule has 0 aliphatic heterocycles. The Morgan fingerprint density at radius 3 is 2.47 bits per heavy atom. The van der Waals surface area contributed by atoms with Crippen LogP contribution >= 0.6 is 0 Å². The third kappa shape index (κ3) is 2.67. The lowest BCUT2D eigenvalue weighted by Gasteiger charge is -2.25. The van der Waals surface area contributed by atoms with Crippen LogP contribution in [0.15, 0.2) is 24.3 Å². The molecule has 1 atom stereocenters. The minimum absolute atomic E-state index is 0.411. The van der Waals surface area contributed by atoms with E-state index in [1.165, 1.54) is 19.3 Å². The van der Waals surface area contributed by atoms with E-state index in [-0.39, 0.29) is 0 Å². The van der Waals surface area contributed by atoms with Crippen molar-refractivity contribution in [3.8, 4) is 0 Å². The first-order valence-corrected chi connectivity index (χ1v) is 6.20. The Kier molecular flexibility index (Phi) is 3.79. The molecule has 0 bridgehead atoms. The average molecular weight is 234 g/mol. The third-order valence-electron chi connectivity index (χ3n) is 3.57. The molecule has 2 N–H and O–H groups in total. The maximum Gasteiger partial charge on any atom is 0.337 e. The van der Waals surface area contributed by atoms with Gasteiger partial charge >= 0.3 is 5.97 Å². The zero-order valence-electron chi connectivity index (χ0n) is 9.80. The fraction of sp³-hybridized carbons (Fsp3) is 0.500. The van der Waals surface area contributed by atoms with Gasteiger partial charge in [-0.3, -0.25) is 0 Å². The minimum atomic E-state index is -1.40. The first kappa shape index (κ1) is 12.1. The van der Waals surface area contributed by atoms with E-state index in [0.717, 1.165) is 18.4 Å². The van der Waals surface area contributed by atoms with Gasteiger partial charge in [0.2, 0.25) is 0 Å². The molecule has 3 nitrogen and oxygen atoms in total. The summed E-state index contributed by atoms with van der Waals surface area (Å²) < 4.78 is 0. The second-order valence-electron chi connectivity index (χ2n) is 4.70. The summed E-state index contributed by atoms with van der Waals surface area (Å²) in [4.78, 5) is 10.9. The maximum atomic E-state index is 10.9. The van der Waals surface area contributed by atoms with E-state index in [2.05, 4.69) is 0 Å².